The molecule has 0 aliphatic heterocycles. The average Bonchev–Trinajstić information content (AvgIpc) is 2.63. The molecule has 5 nitrogen and oxygen atoms in total. The van der Waals surface area contributed by atoms with Crippen LogP contribution in [-0.2, 0) is 6.54 Å². The van der Waals surface area contributed by atoms with Gasteiger partial charge in [-0.05, 0) is 48.0 Å². The number of anilines is 2. The number of hydrogen-bond donors (Lipinski definition) is 2. The Morgan fingerprint density at radius 3 is 2.48 bits per heavy atom. The van der Waals surface area contributed by atoms with Crippen molar-refractivity contribution in [1.29, 1.82) is 0 Å². The van der Waals surface area contributed by atoms with E-state index in [2.05, 4.69) is 20.6 Å². The SMILES string of the molecule is O=C(NCc1ccc(Cl)cc1)c1ccnc(Nc2ccc(F)cc2)n1. The lowest BCUT2D eigenvalue weighted by Gasteiger charge is -2.07. The van der Waals surface area contributed by atoms with Gasteiger partial charge in [0.2, 0.25) is 5.95 Å². The molecule has 0 aliphatic carbocycles. The second-order valence-corrected chi connectivity index (χ2v) is 5.64. The van der Waals surface area contributed by atoms with Crippen LogP contribution in [0, 0.1) is 5.82 Å². The smallest absolute Gasteiger partial charge is 0.270 e. The third kappa shape index (κ3) is 4.74. The molecular formula is C18H14ClFN4O. The zero-order chi connectivity index (χ0) is 17.6. The topological polar surface area (TPSA) is 66.9 Å². The molecule has 0 aliphatic rings. The van der Waals surface area contributed by atoms with E-state index in [0.29, 0.717) is 17.3 Å². The average molecular weight is 357 g/mol. The van der Waals surface area contributed by atoms with Crippen molar-refractivity contribution >= 4 is 29.1 Å². The van der Waals surface area contributed by atoms with Crippen molar-refractivity contribution in [3.63, 3.8) is 0 Å². The first-order valence-electron chi connectivity index (χ1n) is 7.48. The van der Waals surface area contributed by atoms with E-state index in [1.54, 1.807) is 24.3 Å². The third-order valence-electron chi connectivity index (χ3n) is 3.35. The van der Waals surface area contributed by atoms with Gasteiger partial charge in [0, 0.05) is 23.5 Å². The summed E-state index contributed by atoms with van der Waals surface area (Å²) in [4.78, 5) is 20.5. The van der Waals surface area contributed by atoms with E-state index >= 15 is 0 Å². The van der Waals surface area contributed by atoms with Crippen molar-refractivity contribution in [2.75, 3.05) is 5.32 Å². The van der Waals surface area contributed by atoms with Crippen molar-refractivity contribution in [2.45, 2.75) is 6.54 Å². The highest BCUT2D eigenvalue weighted by Crippen LogP contribution is 2.13. The summed E-state index contributed by atoms with van der Waals surface area (Å²) in [6.07, 6.45) is 1.48. The van der Waals surface area contributed by atoms with Crippen molar-refractivity contribution in [1.82, 2.24) is 15.3 Å². The third-order valence-corrected chi connectivity index (χ3v) is 3.61. The van der Waals surface area contributed by atoms with Crippen molar-refractivity contribution in [3.8, 4) is 0 Å². The van der Waals surface area contributed by atoms with Gasteiger partial charge < -0.3 is 10.6 Å². The Balaban J connectivity index is 1.64. The van der Waals surface area contributed by atoms with Crippen LogP contribution in [-0.4, -0.2) is 15.9 Å². The first kappa shape index (κ1) is 16.9. The van der Waals surface area contributed by atoms with E-state index < -0.39 is 0 Å². The zero-order valence-electron chi connectivity index (χ0n) is 13.0. The molecule has 1 aromatic heterocycles. The number of aromatic nitrogens is 2. The Kier molecular flexibility index (Phi) is 5.20. The van der Waals surface area contributed by atoms with Gasteiger partial charge in [-0.25, -0.2) is 14.4 Å². The largest absolute Gasteiger partial charge is 0.347 e. The minimum absolute atomic E-state index is 0.230. The van der Waals surface area contributed by atoms with E-state index in [4.69, 9.17) is 11.6 Å². The van der Waals surface area contributed by atoms with Crippen molar-refractivity contribution in [3.05, 3.63) is 82.9 Å². The fourth-order valence-corrected chi connectivity index (χ4v) is 2.21. The van der Waals surface area contributed by atoms with Crippen molar-refractivity contribution < 1.29 is 9.18 Å². The first-order chi connectivity index (χ1) is 12.1. The summed E-state index contributed by atoms with van der Waals surface area (Å²) in [6, 6.07) is 14.5. The lowest BCUT2D eigenvalue weighted by atomic mass is 10.2. The molecule has 0 saturated heterocycles. The van der Waals surface area contributed by atoms with E-state index in [1.807, 2.05) is 12.1 Å². The highest BCUT2D eigenvalue weighted by atomic mass is 35.5. The molecule has 0 saturated carbocycles. The molecule has 7 heteroatoms. The fraction of sp³-hybridized carbons (Fsp3) is 0.0556. The maximum Gasteiger partial charge on any atom is 0.270 e. The van der Waals surface area contributed by atoms with E-state index in [-0.39, 0.29) is 23.4 Å². The number of carbonyl (C=O) groups is 1. The van der Waals surface area contributed by atoms with Gasteiger partial charge in [-0.3, -0.25) is 4.79 Å². The molecule has 25 heavy (non-hydrogen) atoms. The summed E-state index contributed by atoms with van der Waals surface area (Å²) in [5.74, 6) is -0.396. The van der Waals surface area contributed by atoms with Crippen LogP contribution >= 0.6 is 11.6 Å². The van der Waals surface area contributed by atoms with Gasteiger partial charge in [-0.2, -0.15) is 0 Å². The second-order valence-electron chi connectivity index (χ2n) is 5.21. The van der Waals surface area contributed by atoms with Crippen LogP contribution in [0.3, 0.4) is 0 Å². The second kappa shape index (κ2) is 7.72. The predicted octanol–water partition coefficient (Wildman–Crippen LogP) is 3.94. The van der Waals surface area contributed by atoms with Crippen LogP contribution in [0.2, 0.25) is 5.02 Å². The quantitative estimate of drug-likeness (QED) is 0.726. The predicted molar refractivity (Wildman–Crippen MR) is 94.3 cm³/mol. The molecule has 3 aromatic rings. The number of hydrogen-bond acceptors (Lipinski definition) is 4. The Labute approximate surface area is 148 Å². The summed E-state index contributed by atoms with van der Waals surface area (Å²) in [6.45, 7) is 0.362. The summed E-state index contributed by atoms with van der Waals surface area (Å²) in [5, 5.41) is 6.35. The molecule has 1 amide bonds. The van der Waals surface area contributed by atoms with Crippen LogP contribution in [0.4, 0.5) is 16.0 Å². The Morgan fingerprint density at radius 1 is 1.04 bits per heavy atom. The van der Waals surface area contributed by atoms with Gasteiger partial charge in [-0.15, -0.1) is 0 Å². The van der Waals surface area contributed by atoms with Gasteiger partial charge in [0.25, 0.3) is 5.91 Å². The number of nitrogens with zero attached hydrogens (tertiary/aromatic N) is 2. The van der Waals surface area contributed by atoms with Crippen molar-refractivity contribution in [2.24, 2.45) is 0 Å². The van der Waals surface area contributed by atoms with Gasteiger partial charge in [0.05, 0.1) is 0 Å². The Morgan fingerprint density at radius 2 is 1.76 bits per heavy atom. The molecule has 2 aromatic carbocycles. The highest BCUT2D eigenvalue weighted by molar-refractivity contribution is 6.30. The van der Waals surface area contributed by atoms with Crippen LogP contribution in [0.15, 0.2) is 60.8 Å². The Hall–Kier alpha value is -2.99. The van der Waals surface area contributed by atoms with Crippen LogP contribution < -0.4 is 10.6 Å². The molecule has 0 atom stereocenters. The molecule has 0 bridgehead atoms. The molecule has 0 fully saturated rings. The van der Waals surface area contributed by atoms with Gasteiger partial charge in [-0.1, -0.05) is 23.7 Å². The molecule has 0 spiro atoms. The van der Waals surface area contributed by atoms with Gasteiger partial charge in [0.15, 0.2) is 0 Å². The van der Waals surface area contributed by atoms with Crippen LogP contribution in [0.5, 0.6) is 0 Å². The zero-order valence-corrected chi connectivity index (χ0v) is 13.8. The fourth-order valence-electron chi connectivity index (χ4n) is 2.08. The molecule has 126 valence electrons. The van der Waals surface area contributed by atoms with Gasteiger partial charge in [0.1, 0.15) is 11.5 Å². The molecule has 1 heterocycles. The summed E-state index contributed by atoms with van der Waals surface area (Å²) in [5.41, 5.74) is 1.78. The summed E-state index contributed by atoms with van der Waals surface area (Å²) >= 11 is 5.83. The lowest BCUT2D eigenvalue weighted by molar-refractivity contribution is 0.0946. The van der Waals surface area contributed by atoms with Gasteiger partial charge >= 0.3 is 0 Å². The monoisotopic (exact) mass is 356 g/mol. The van der Waals surface area contributed by atoms with E-state index in [1.165, 1.54) is 24.4 Å². The number of halogens is 2. The number of benzene rings is 2. The first-order valence-corrected chi connectivity index (χ1v) is 7.86. The lowest BCUT2D eigenvalue weighted by Crippen LogP contribution is -2.24. The Bertz CT molecular complexity index is 869. The molecule has 0 unspecified atom stereocenters. The summed E-state index contributed by atoms with van der Waals surface area (Å²) in [7, 11) is 0. The molecule has 3 rings (SSSR count). The van der Waals surface area contributed by atoms with E-state index in [0.717, 1.165) is 5.56 Å². The maximum absolute atomic E-state index is 12.9. The minimum Gasteiger partial charge on any atom is -0.347 e. The number of rotatable bonds is 5. The molecular weight excluding hydrogens is 343 g/mol. The maximum atomic E-state index is 12.9. The number of nitrogens with one attached hydrogen (secondary N) is 2. The normalized spacial score (nSPS) is 10.3. The van der Waals surface area contributed by atoms with Crippen LogP contribution in [0.1, 0.15) is 16.1 Å². The minimum atomic E-state index is -0.332. The summed E-state index contributed by atoms with van der Waals surface area (Å²) < 4.78 is 12.9. The van der Waals surface area contributed by atoms with E-state index in [9.17, 15) is 9.18 Å². The molecule has 0 radical (unpaired) electrons. The highest BCUT2D eigenvalue weighted by Gasteiger charge is 2.09. The van der Waals surface area contributed by atoms with Crippen LogP contribution in [0.25, 0.3) is 0 Å². The molecule has 2 N–H and O–H groups in total. The number of amides is 1. The number of carbonyl (C=O) groups excluding carboxylic acids is 1. The standard InChI is InChI=1S/C18H14ClFN4O/c19-13-3-1-12(2-4-13)11-22-17(25)16-9-10-21-18(24-16)23-15-7-5-14(20)6-8-15/h1-10H,11H2,(H,22,25)(H,21,23,24).